The van der Waals surface area contributed by atoms with E-state index in [2.05, 4.69) is 34.7 Å². The van der Waals surface area contributed by atoms with Crippen LogP contribution < -0.4 is 4.90 Å². The number of aryl methyl sites for hydroxylation is 1. The van der Waals surface area contributed by atoms with E-state index < -0.39 is 17.7 Å². The summed E-state index contributed by atoms with van der Waals surface area (Å²) >= 11 is 7.79. The first-order valence-corrected chi connectivity index (χ1v) is 15.2. The molecule has 0 amide bonds. The SMILES string of the molecule is Cc1cc2nc(-c3ccnc(N4CCN(C(C)C)CC4)c3)sc2c(-c2ccc(Cl)cc2)c1[C@H](OC(C)(C)C)C(=O)O. The molecule has 1 fully saturated rings. The first kappa shape index (κ1) is 29.5. The topological polar surface area (TPSA) is 78.8 Å². The van der Waals surface area contributed by atoms with Gasteiger partial charge in [-0.3, -0.25) is 4.90 Å². The second-order valence-corrected chi connectivity index (χ2v) is 13.3. The Bertz CT molecular complexity index is 1550. The van der Waals surface area contributed by atoms with Gasteiger partial charge < -0.3 is 14.7 Å². The highest BCUT2D eigenvalue weighted by Gasteiger charge is 2.32. The maximum absolute atomic E-state index is 12.6. The predicted octanol–water partition coefficient (Wildman–Crippen LogP) is 7.46. The molecule has 1 saturated heterocycles. The van der Waals surface area contributed by atoms with Crippen LogP contribution in [0.2, 0.25) is 5.02 Å². The summed E-state index contributed by atoms with van der Waals surface area (Å²) in [6, 6.07) is 14.1. The number of fused-ring (bicyclic) bond motifs is 1. The highest BCUT2D eigenvalue weighted by molar-refractivity contribution is 7.22. The first-order chi connectivity index (χ1) is 19.4. The zero-order valence-corrected chi connectivity index (χ0v) is 26.0. The van der Waals surface area contributed by atoms with Crippen LogP contribution in [0, 0.1) is 6.92 Å². The molecular formula is C32H37ClN4O3S. The van der Waals surface area contributed by atoms with E-state index >= 15 is 0 Å². The molecule has 1 atom stereocenters. The number of halogens is 1. The van der Waals surface area contributed by atoms with Gasteiger partial charge in [0.2, 0.25) is 0 Å². The molecule has 5 rings (SSSR count). The van der Waals surface area contributed by atoms with Gasteiger partial charge in [-0.15, -0.1) is 11.3 Å². The van der Waals surface area contributed by atoms with E-state index in [4.69, 9.17) is 21.3 Å². The normalized spacial score (nSPS) is 15.6. The average Bonchev–Trinajstić information content (AvgIpc) is 3.35. The third-order valence-electron chi connectivity index (χ3n) is 7.38. The lowest BCUT2D eigenvalue weighted by Crippen LogP contribution is -2.49. The number of aromatic nitrogens is 2. The van der Waals surface area contributed by atoms with Crippen molar-refractivity contribution < 1.29 is 14.6 Å². The Kier molecular flexibility index (Phi) is 8.39. The molecule has 4 aromatic rings. The molecule has 216 valence electrons. The summed E-state index contributed by atoms with van der Waals surface area (Å²) in [4.78, 5) is 27.1. The van der Waals surface area contributed by atoms with Gasteiger partial charge in [-0.25, -0.2) is 14.8 Å². The van der Waals surface area contributed by atoms with Crippen LogP contribution in [0.25, 0.3) is 31.9 Å². The Morgan fingerprint density at radius 1 is 1.05 bits per heavy atom. The number of benzene rings is 2. The second kappa shape index (κ2) is 11.7. The Labute approximate surface area is 250 Å². The maximum atomic E-state index is 12.6. The van der Waals surface area contributed by atoms with Gasteiger partial charge in [-0.05, 0) is 83.0 Å². The van der Waals surface area contributed by atoms with Gasteiger partial charge in [-0.2, -0.15) is 0 Å². The monoisotopic (exact) mass is 592 g/mol. The number of hydrogen-bond donors (Lipinski definition) is 1. The number of thiazole rings is 1. The van der Waals surface area contributed by atoms with Crippen molar-refractivity contribution in [1.82, 2.24) is 14.9 Å². The van der Waals surface area contributed by atoms with E-state index in [9.17, 15) is 9.90 Å². The number of hydrogen-bond acceptors (Lipinski definition) is 7. The standard InChI is InChI=1S/C32H37ClN4O3S/c1-19(2)36-13-15-37(16-14-36)25-18-22(11-12-34-25)30-35-24-17-20(3)26(28(31(38)39)40-32(4,5)6)27(29(24)41-30)21-7-9-23(33)10-8-21/h7-12,17-19,28H,13-16H2,1-6H3,(H,38,39)/t28-/m0/s1. The van der Waals surface area contributed by atoms with E-state index in [1.54, 1.807) is 11.3 Å². The maximum Gasteiger partial charge on any atom is 0.337 e. The first-order valence-electron chi connectivity index (χ1n) is 14.0. The quantitative estimate of drug-likeness (QED) is 0.239. The minimum Gasteiger partial charge on any atom is -0.479 e. The van der Waals surface area contributed by atoms with Crippen LogP contribution >= 0.6 is 22.9 Å². The van der Waals surface area contributed by atoms with Crippen LogP contribution in [0.4, 0.5) is 5.82 Å². The Balaban J connectivity index is 1.62. The number of rotatable bonds is 7. The van der Waals surface area contributed by atoms with Crippen LogP contribution in [0.1, 0.15) is 51.8 Å². The largest absolute Gasteiger partial charge is 0.479 e. The smallest absolute Gasteiger partial charge is 0.337 e. The highest BCUT2D eigenvalue weighted by atomic mass is 35.5. The van der Waals surface area contributed by atoms with Gasteiger partial charge in [-0.1, -0.05) is 23.7 Å². The number of anilines is 1. The molecule has 0 bridgehead atoms. The highest BCUT2D eigenvalue weighted by Crippen LogP contribution is 2.44. The Morgan fingerprint density at radius 2 is 1.73 bits per heavy atom. The molecule has 1 aliphatic heterocycles. The molecule has 0 unspecified atom stereocenters. The Hall–Kier alpha value is -3.04. The van der Waals surface area contributed by atoms with Crippen molar-refractivity contribution in [2.24, 2.45) is 0 Å². The van der Waals surface area contributed by atoms with Crippen LogP contribution in [-0.4, -0.2) is 63.8 Å². The van der Waals surface area contributed by atoms with E-state index in [0.29, 0.717) is 16.6 Å². The van der Waals surface area contributed by atoms with E-state index in [-0.39, 0.29) is 0 Å². The van der Waals surface area contributed by atoms with Crippen LogP contribution in [0.5, 0.6) is 0 Å². The Morgan fingerprint density at radius 3 is 2.34 bits per heavy atom. The van der Waals surface area contributed by atoms with E-state index in [0.717, 1.165) is 69.5 Å². The zero-order valence-electron chi connectivity index (χ0n) is 24.4. The fourth-order valence-corrected chi connectivity index (χ4v) is 6.60. The molecule has 1 aliphatic rings. The van der Waals surface area contributed by atoms with Crippen LogP contribution in [-0.2, 0) is 9.53 Å². The van der Waals surface area contributed by atoms with Crippen molar-refractivity contribution in [3.63, 3.8) is 0 Å². The molecule has 3 heterocycles. The van der Waals surface area contributed by atoms with Crippen molar-refractivity contribution >= 4 is 44.9 Å². The molecular weight excluding hydrogens is 556 g/mol. The van der Waals surface area contributed by atoms with Crippen molar-refractivity contribution in [2.75, 3.05) is 31.1 Å². The lowest BCUT2D eigenvalue weighted by Gasteiger charge is -2.37. The van der Waals surface area contributed by atoms with Gasteiger partial charge in [0.05, 0.1) is 15.8 Å². The van der Waals surface area contributed by atoms with Gasteiger partial charge in [0.25, 0.3) is 0 Å². The number of piperazine rings is 1. The molecule has 2 aromatic heterocycles. The summed E-state index contributed by atoms with van der Waals surface area (Å²) in [5.41, 5.74) is 4.29. The average molecular weight is 593 g/mol. The lowest BCUT2D eigenvalue weighted by molar-refractivity contribution is -0.160. The minimum absolute atomic E-state index is 0.539. The van der Waals surface area contributed by atoms with Crippen LogP contribution in [0.15, 0.2) is 48.7 Å². The van der Waals surface area contributed by atoms with Gasteiger partial charge in [0.1, 0.15) is 10.8 Å². The number of aliphatic carboxylic acids is 1. The summed E-state index contributed by atoms with van der Waals surface area (Å²) in [5.74, 6) is -0.0804. The number of carbonyl (C=O) groups is 1. The molecule has 7 nitrogen and oxygen atoms in total. The molecule has 0 radical (unpaired) electrons. The molecule has 1 N–H and O–H groups in total. The van der Waals surface area contributed by atoms with Gasteiger partial charge >= 0.3 is 5.97 Å². The summed E-state index contributed by atoms with van der Waals surface area (Å²) < 4.78 is 7.05. The third-order valence-corrected chi connectivity index (χ3v) is 8.77. The summed E-state index contributed by atoms with van der Waals surface area (Å²) in [6.07, 6.45) is 0.702. The summed E-state index contributed by atoms with van der Waals surface area (Å²) in [7, 11) is 0. The van der Waals surface area contributed by atoms with Crippen molar-refractivity contribution in [1.29, 1.82) is 0 Å². The predicted molar refractivity (Wildman–Crippen MR) is 168 cm³/mol. The minimum atomic E-state index is -1.15. The lowest BCUT2D eigenvalue weighted by atomic mass is 9.91. The summed E-state index contributed by atoms with van der Waals surface area (Å²) in [5, 5.41) is 11.8. The number of carboxylic acid groups (broad SMARTS) is 1. The summed E-state index contributed by atoms with van der Waals surface area (Å²) in [6.45, 7) is 15.9. The van der Waals surface area contributed by atoms with Crippen molar-refractivity contribution in [3.8, 4) is 21.7 Å². The fourth-order valence-electron chi connectivity index (χ4n) is 5.35. The van der Waals surface area contributed by atoms with Crippen molar-refractivity contribution in [2.45, 2.75) is 59.3 Å². The number of ether oxygens (including phenoxy) is 1. The molecule has 0 saturated carbocycles. The number of nitrogens with zero attached hydrogens (tertiary/aromatic N) is 4. The number of carboxylic acids is 1. The van der Waals surface area contributed by atoms with E-state index in [1.165, 1.54) is 0 Å². The second-order valence-electron chi connectivity index (χ2n) is 11.8. The molecule has 2 aromatic carbocycles. The third kappa shape index (κ3) is 6.41. The zero-order chi connectivity index (χ0) is 29.5. The number of pyridine rings is 1. The van der Waals surface area contributed by atoms with Gasteiger partial charge in [0, 0.05) is 60.1 Å². The fraction of sp³-hybridized carbons (Fsp3) is 0.406. The molecule has 0 spiro atoms. The molecule has 0 aliphatic carbocycles. The molecule has 9 heteroatoms. The van der Waals surface area contributed by atoms with Crippen LogP contribution in [0.3, 0.4) is 0 Å². The molecule has 41 heavy (non-hydrogen) atoms. The van der Waals surface area contributed by atoms with E-state index in [1.807, 2.05) is 70.3 Å². The van der Waals surface area contributed by atoms with Gasteiger partial charge in [0.15, 0.2) is 6.10 Å². The van der Waals surface area contributed by atoms with Crippen molar-refractivity contribution in [3.05, 3.63) is 64.8 Å².